The van der Waals surface area contributed by atoms with E-state index >= 15 is 0 Å². The highest BCUT2D eigenvalue weighted by Crippen LogP contribution is 2.25. The largest absolute Gasteiger partial charge is 0.452 e. The Bertz CT molecular complexity index is 559. The number of nitro groups is 1. The summed E-state index contributed by atoms with van der Waals surface area (Å²) in [7, 11) is 0. The van der Waals surface area contributed by atoms with E-state index in [0.29, 0.717) is 6.54 Å². The Labute approximate surface area is 126 Å². The minimum atomic E-state index is -0.825. The summed E-state index contributed by atoms with van der Waals surface area (Å²) in [5.41, 5.74) is -0.432. The van der Waals surface area contributed by atoms with E-state index in [1.807, 2.05) is 13.8 Å². The quantitative estimate of drug-likeness (QED) is 0.493. The van der Waals surface area contributed by atoms with Crippen LogP contribution in [0.2, 0.25) is 5.02 Å². The van der Waals surface area contributed by atoms with Crippen LogP contribution in [0, 0.1) is 16.0 Å². The van der Waals surface area contributed by atoms with Crippen molar-refractivity contribution in [2.45, 2.75) is 13.8 Å². The monoisotopic (exact) mass is 314 g/mol. The second kappa shape index (κ2) is 7.58. The molecule has 0 radical (unpaired) electrons. The number of halogens is 1. The molecule has 0 bridgehead atoms. The minimum absolute atomic E-state index is 0.0391. The second-order valence-corrected chi connectivity index (χ2v) is 5.10. The van der Waals surface area contributed by atoms with Gasteiger partial charge in [0.2, 0.25) is 0 Å². The molecule has 7 nitrogen and oxygen atoms in total. The predicted octanol–water partition coefficient (Wildman–Crippen LogP) is 2.18. The smallest absolute Gasteiger partial charge is 0.338 e. The van der Waals surface area contributed by atoms with Crippen molar-refractivity contribution >= 4 is 29.2 Å². The first-order valence-corrected chi connectivity index (χ1v) is 6.56. The summed E-state index contributed by atoms with van der Waals surface area (Å²) in [5, 5.41) is 13.2. The van der Waals surface area contributed by atoms with Crippen LogP contribution in [0.3, 0.4) is 0 Å². The Morgan fingerprint density at radius 2 is 2.10 bits per heavy atom. The fourth-order valence-corrected chi connectivity index (χ4v) is 1.55. The van der Waals surface area contributed by atoms with Crippen molar-refractivity contribution in [1.29, 1.82) is 0 Å². The number of carbonyl (C=O) groups is 2. The molecule has 0 atom stereocenters. The van der Waals surface area contributed by atoms with Crippen molar-refractivity contribution in [3.8, 4) is 0 Å². The van der Waals surface area contributed by atoms with E-state index < -0.39 is 29.1 Å². The Balaban J connectivity index is 2.62. The van der Waals surface area contributed by atoms with Gasteiger partial charge in [-0.1, -0.05) is 25.4 Å². The highest BCUT2D eigenvalue weighted by molar-refractivity contribution is 6.32. The topological polar surface area (TPSA) is 98.5 Å². The highest BCUT2D eigenvalue weighted by Gasteiger charge is 2.17. The summed E-state index contributed by atoms with van der Waals surface area (Å²) in [6.45, 7) is 3.89. The molecular formula is C13H15ClN2O5. The number of hydrogen-bond donors (Lipinski definition) is 1. The van der Waals surface area contributed by atoms with E-state index in [4.69, 9.17) is 16.3 Å². The first kappa shape index (κ1) is 16.9. The number of esters is 1. The van der Waals surface area contributed by atoms with E-state index in [2.05, 4.69) is 5.32 Å². The highest BCUT2D eigenvalue weighted by atomic mass is 35.5. The number of benzene rings is 1. The number of hydrogen-bond acceptors (Lipinski definition) is 5. The molecule has 0 fully saturated rings. The van der Waals surface area contributed by atoms with Crippen molar-refractivity contribution in [1.82, 2.24) is 5.32 Å². The molecule has 0 saturated heterocycles. The zero-order valence-electron chi connectivity index (χ0n) is 11.6. The van der Waals surface area contributed by atoms with Crippen LogP contribution >= 0.6 is 11.6 Å². The normalized spacial score (nSPS) is 10.3. The molecule has 1 aromatic rings. The van der Waals surface area contributed by atoms with Gasteiger partial charge in [-0.3, -0.25) is 14.9 Å². The maximum atomic E-state index is 11.7. The first-order valence-electron chi connectivity index (χ1n) is 6.19. The zero-order chi connectivity index (χ0) is 16.0. The van der Waals surface area contributed by atoms with Crippen LogP contribution < -0.4 is 5.32 Å². The van der Waals surface area contributed by atoms with Gasteiger partial charge in [0.25, 0.3) is 11.6 Å². The number of ether oxygens (including phenoxy) is 1. The van der Waals surface area contributed by atoms with Gasteiger partial charge < -0.3 is 10.1 Å². The summed E-state index contributed by atoms with van der Waals surface area (Å²) < 4.78 is 4.78. The van der Waals surface area contributed by atoms with E-state index in [0.717, 1.165) is 6.07 Å². The molecular weight excluding hydrogens is 300 g/mol. The SMILES string of the molecule is CC(C)CNC(=O)COC(=O)c1ccc(Cl)c([N+](=O)[O-])c1. The second-order valence-electron chi connectivity index (χ2n) is 4.70. The van der Waals surface area contributed by atoms with Crippen molar-refractivity contribution in [3.63, 3.8) is 0 Å². The molecule has 0 saturated carbocycles. The molecule has 21 heavy (non-hydrogen) atoms. The third-order valence-electron chi connectivity index (χ3n) is 2.42. The van der Waals surface area contributed by atoms with Gasteiger partial charge in [0, 0.05) is 12.6 Å². The molecule has 0 aromatic heterocycles. The lowest BCUT2D eigenvalue weighted by molar-refractivity contribution is -0.384. The van der Waals surface area contributed by atoms with E-state index in [-0.39, 0.29) is 16.5 Å². The van der Waals surface area contributed by atoms with Crippen molar-refractivity contribution in [2.24, 2.45) is 5.92 Å². The summed E-state index contributed by atoms with van der Waals surface area (Å²) in [4.78, 5) is 33.1. The summed E-state index contributed by atoms with van der Waals surface area (Å²) in [6.07, 6.45) is 0. The van der Waals surface area contributed by atoms with Gasteiger partial charge >= 0.3 is 5.97 Å². The van der Waals surface area contributed by atoms with Crippen LogP contribution in [0.5, 0.6) is 0 Å². The number of carbonyl (C=O) groups excluding carboxylic acids is 2. The molecule has 1 aromatic carbocycles. The maximum Gasteiger partial charge on any atom is 0.338 e. The van der Waals surface area contributed by atoms with Crippen LogP contribution in [0.25, 0.3) is 0 Å². The average molecular weight is 315 g/mol. The van der Waals surface area contributed by atoms with Gasteiger partial charge in [-0.25, -0.2) is 4.79 Å². The first-order chi connectivity index (χ1) is 9.81. The van der Waals surface area contributed by atoms with Gasteiger partial charge in [0.15, 0.2) is 6.61 Å². The Morgan fingerprint density at radius 1 is 1.43 bits per heavy atom. The number of nitrogens with one attached hydrogen (secondary N) is 1. The summed E-state index contributed by atoms with van der Waals surface area (Å²) >= 11 is 5.64. The molecule has 0 heterocycles. The molecule has 1 N–H and O–H groups in total. The molecule has 1 rings (SSSR count). The fraction of sp³-hybridized carbons (Fsp3) is 0.385. The molecule has 1 amide bonds. The average Bonchev–Trinajstić information content (AvgIpc) is 2.42. The fourth-order valence-electron chi connectivity index (χ4n) is 1.36. The van der Waals surface area contributed by atoms with Crippen LogP contribution in [0.4, 0.5) is 5.69 Å². The number of nitrogens with zero attached hydrogens (tertiary/aromatic N) is 1. The van der Waals surface area contributed by atoms with Crippen LogP contribution in [-0.2, 0) is 9.53 Å². The van der Waals surface area contributed by atoms with Crippen LogP contribution in [-0.4, -0.2) is 30.0 Å². The van der Waals surface area contributed by atoms with Crippen LogP contribution in [0.15, 0.2) is 18.2 Å². The van der Waals surface area contributed by atoms with Crippen LogP contribution in [0.1, 0.15) is 24.2 Å². The lowest BCUT2D eigenvalue weighted by Gasteiger charge is -2.08. The van der Waals surface area contributed by atoms with Gasteiger partial charge in [-0.05, 0) is 18.1 Å². The van der Waals surface area contributed by atoms with Gasteiger partial charge in [0.05, 0.1) is 10.5 Å². The summed E-state index contributed by atoms with van der Waals surface area (Å²) in [5.74, 6) is -0.974. The van der Waals surface area contributed by atoms with Gasteiger partial charge in [-0.2, -0.15) is 0 Å². The molecule has 8 heteroatoms. The lowest BCUT2D eigenvalue weighted by Crippen LogP contribution is -2.31. The predicted molar refractivity (Wildman–Crippen MR) is 76.2 cm³/mol. The van der Waals surface area contributed by atoms with E-state index in [9.17, 15) is 19.7 Å². The zero-order valence-corrected chi connectivity index (χ0v) is 12.3. The van der Waals surface area contributed by atoms with E-state index in [1.54, 1.807) is 0 Å². The summed E-state index contributed by atoms with van der Waals surface area (Å²) in [6, 6.07) is 3.54. The number of rotatable bonds is 6. The van der Waals surface area contributed by atoms with Crippen molar-refractivity contribution < 1.29 is 19.2 Å². The van der Waals surface area contributed by atoms with Crippen molar-refractivity contribution in [3.05, 3.63) is 38.9 Å². The van der Waals surface area contributed by atoms with E-state index in [1.165, 1.54) is 12.1 Å². The third-order valence-corrected chi connectivity index (χ3v) is 2.74. The van der Waals surface area contributed by atoms with Crippen molar-refractivity contribution in [2.75, 3.05) is 13.2 Å². The van der Waals surface area contributed by atoms with Gasteiger partial charge in [-0.15, -0.1) is 0 Å². The molecule has 114 valence electrons. The third kappa shape index (κ3) is 5.39. The number of nitro benzene ring substituents is 1. The Hall–Kier alpha value is -2.15. The molecule has 0 unspecified atom stereocenters. The maximum absolute atomic E-state index is 11.7. The lowest BCUT2D eigenvalue weighted by atomic mass is 10.2. The molecule has 0 aliphatic heterocycles. The Morgan fingerprint density at radius 3 is 2.67 bits per heavy atom. The molecule has 0 aliphatic carbocycles. The number of amides is 1. The molecule has 0 aliphatic rings. The minimum Gasteiger partial charge on any atom is -0.452 e. The standard InChI is InChI=1S/C13H15ClN2O5/c1-8(2)6-15-12(17)7-21-13(18)9-3-4-10(14)11(5-9)16(19)20/h3-5,8H,6-7H2,1-2H3,(H,15,17). The Kier molecular flexibility index (Phi) is 6.10. The van der Waals surface area contributed by atoms with Gasteiger partial charge in [0.1, 0.15) is 5.02 Å². The molecule has 0 spiro atoms.